The number of rotatable bonds is 12. The number of imidazole rings is 1. The molecule has 1 aromatic rings. The molecule has 12 nitrogen and oxygen atoms in total. The third-order valence-corrected chi connectivity index (χ3v) is 4.62. The first-order valence-corrected chi connectivity index (χ1v) is 9.58. The molecule has 0 spiro atoms. The van der Waals surface area contributed by atoms with Gasteiger partial charge in [-0.15, -0.1) is 0 Å². The van der Waals surface area contributed by atoms with Gasteiger partial charge in [0.05, 0.1) is 19.0 Å². The Morgan fingerprint density at radius 1 is 1.10 bits per heavy atom. The second-order valence-electron chi connectivity index (χ2n) is 7.08. The average molecular weight is 426 g/mol. The van der Waals surface area contributed by atoms with Crippen LogP contribution < -0.4 is 21.7 Å². The van der Waals surface area contributed by atoms with E-state index in [4.69, 9.17) is 15.9 Å². The maximum atomic E-state index is 12.9. The van der Waals surface area contributed by atoms with Gasteiger partial charge in [0.25, 0.3) is 0 Å². The van der Waals surface area contributed by atoms with Crippen molar-refractivity contribution in [3.8, 4) is 0 Å². The highest BCUT2D eigenvalue weighted by Gasteiger charge is 2.32. The Balaban J connectivity index is 3.04. The molecule has 8 N–H and O–H groups in total. The van der Waals surface area contributed by atoms with E-state index in [1.165, 1.54) is 19.4 Å². The van der Waals surface area contributed by atoms with Crippen molar-refractivity contribution < 1.29 is 29.4 Å². The number of aromatic nitrogens is 2. The minimum Gasteiger partial charge on any atom is -0.480 e. The predicted octanol–water partition coefficient (Wildman–Crippen LogP) is -2.12. The van der Waals surface area contributed by atoms with Gasteiger partial charge >= 0.3 is 5.97 Å². The quantitative estimate of drug-likeness (QED) is 0.196. The molecule has 0 aromatic carbocycles. The van der Waals surface area contributed by atoms with Gasteiger partial charge in [0.1, 0.15) is 18.1 Å². The zero-order valence-corrected chi connectivity index (χ0v) is 17.2. The molecule has 5 unspecified atom stereocenters. The summed E-state index contributed by atoms with van der Waals surface area (Å²) in [5, 5.41) is 25.5. The number of aromatic amines is 1. The lowest BCUT2D eigenvalue weighted by molar-refractivity contribution is -0.143. The molecule has 0 radical (unpaired) electrons. The topological polar surface area (TPSA) is 200 Å². The number of carboxylic acid groups (broad SMARTS) is 1. The summed E-state index contributed by atoms with van der Waals surface area (Å²) in [7, 11) is 0. The highest BCUT2D eigenvalue weighted by molar-refractivity contribution is 5.94. The number of carbonyl (C=O) groups is 4. The van der Waals surface area contributed by atoms with Gasteiger partial charge < -0.3 is 36.9 Å². The van der Waals surface area contributed by atoms with E-state index < -0.39 is 54.5 Å². The number of aliphatic hydroxyl groups is 1. The average Bonchev–Trinajstić information content (AvgIpc) is 3.21. The van der Waals surface area contributed by atoms with Crippen molar-refractivity contribution in [1.29, 1.82) is 0 Å². The van der Waals surface area contributed by atoms with E-state index in [2.05, 4.69) is 25.9 Å². The molecule has 168 valence electrons. The first-order valence-electron chi connectivity index (χ1n) is 9.58. The van der Waals surface area contributed by atoms with E-state index in [1.807, 2.05) is 6.92 Å². The lowest BCUT2D eigenvalue weighted by Crippen LogP contribution is -2.59. The van der Waals surface area contributed by atoms with Crippen molar-refractivity contribution in [3.05, 3.63) is 18.2 Å². The number of carbonyl (C=O) groups excluding carboxylic acids is 3. The summed E-state index contributed by atoms with van der Waals surface area (Å²) >= 11 is 0. The van der Waals surface area contributed by atoms with Crippen molar-refractivity contribution in [2.45, 2.75) is 57.8 Å². The monoisotopic (exact) mass is 426 g/mol. The lowest BCUT2D eigenvalue weighted by atomic mass is 9.97. The van der Waals surface area contributed by atoms with E-state index in [1.54, 1.807) is 6.92 Å². The number of nitrogens with two attached hydrogens (primary N) is 1. The third-order valence-electron chi connectivity index (χ3n) is 4.62. The minimum absolute atomic E-state index is 0.0101. The van der Waals surface area contributed by atoms with E-state index in [0.717, 1.165) is 0 Å². The number of nitrogens with one attached hydrogen (secondary N) is 4. The standard InChI is InChI=1S/C18H30N6O6/c1-4-9(2)14(24-15(26)10(3)19)17(28)22-12(5-11-6-20-8-21-11)16(27)23-13(7-25)18(29)30/h6,8-10,12-14,25H,4-5,7,19H2,1-3H3,(H,20,21)(H,22,28)(H,23,27)(H,24,26)(H,29,30). The molecule has 0 fully saturated rings. The molecule has 30 heavy (non-hydrogen) atoms. The summed E-state index contributed by atoms with van der Waals surface area (Å²) in [5.74, 6) is -3.61. The molecule has 1 heterocycles. The van der Waals surface area contributed by atoms with Crippen LogP contribution in [-0.4, -0.2) is 74.6 Å². The number of nitrogens with zero attached hydrogens (tertiary/aromatic N) is 1. The lowest BCUT2D eigenvalue weighted by Gasteiger charge is -2.27. The second-order valence-corrected chi connectivity index (χ2v) is 7.08. The molecule has 12 heteroatoms. The number of aliphatic hydroxyl groups excluding tert-OH is 1. The number of amides is 3. The van der Waals surface area contributed by atoms with Gasteiger partial charge in [0.15, 0.2) is 0 Å². The van der Waals surface area contributed by atoms with Crippen LogP contribution in [0.15, 0.2) is 12.5 Å². The maximum absolute atomic E-state index is 12.9. The molecule has 1 aromatic heterocycles. The van der Waals surface area contributed by atoms with Gasteiger partial charge in [-0.3, -0.25) is 14.4 Å². The van der Waals surface area contributed by atoms with Crippen LogP contribution in [0.25, 0.3) is 0 Å². The highest BCUT2D eigenvalue weighted by atomic mass is 16.4. The van der Waals surface area contributed by atoms with Crippen LogP contribution in [0.4, 0.5) is 0 Å². The minimum atomic E-state index is -1.53. The normalized spacial score (nSPS) is 15.9. The summed E-state index contributed by atoms with van der Waals surface area (Å²) < 4.78 is 0. The summed E-state index contributed by atoms with van der Waals surface area (Å²) in [6, 6.07) is -4.47. The summed E-state index contributed by atoms with van der Waals surface area (Å²) in [6.45, 7) is 4.28. The number of aliphatic carboxylic acids is 1. The van der Waals surface area contributed by atoms with Crippen LogP contribution in [0.2, 0.25) is 0 Å². The smallest absolute Gasteiger partial charge is 0.328 e. The molecular formula is C18H30N6O6. The maximum Gasteiger partial charge on any atom is 0.328 e. The van der Waals surface area contributed by atoms with E-state index in [0.29, 0.717) is 12.1 Å². The zero-order chi connectivity index (χ0) is 22.8. The van der Waals surface area contributed by atoms with Gasteiger partial charge in [-0.25, -0.2) is 9.78 Å². The Bertz CT molecular complexity index is 723. The fourth-order valence-corrected chi connectivity index (χ4v) is 2.53. The number of H-pyrrole nitrogens is 1. The molecule has 0 aliphatic carbocycles. The van der Waals surface area contributed by atoms with E-state index >= 15 is 0 Å². The summed E-state index contributed by atoms with van der Waals surface area (Å²) in [4.78, 5) is 55.3. The molecule has 0 aliphatic rings. The fraction of sp³-hybridized carbons (Fsp3) is 0.611. The Labute approximate surface area is 174 Å². The number of hydrogen-bond donors (Lipinski definition) is 7. The van der Waals surface area contributed by atoms with Crippen molar-refractivity contribution in [2.24, 2.45) is 11.7 Å². The molecule has 0 bridgehead atoms. The van der Waals surface area contributed by atoms with Gasteiger partial charge in [-0.05, 0) is 12.8 Å². The SMILES string of the molecule is CCC(C)C(NC(=O)C(C)N)C(=O)NC(Cc1cnc[nH]1)C(=O)NC(CO)C(=O)O. The van der Waals surface area contributed by atoms with Crippen LogP contribution >= 0.6 is 0 Å². The first-order chi connectivity index (χ1) is 14.1. The zero-order valence-electron chi connectivity index (χ0n) is 17.2. The summed E-state index contributed by atoms with van der Waals surface area (Å²) in [5.41, 5.74) is 6.09. The molecule has 5 atom stereocenters. The van der Waals surface area contributed by atoms with E-state index in [9.17, 15) is 19.2 Å². The molecule has 0 saturated carbocycles. The Morgan fingerprint density at radius 2 is 1.73 bits per heavy atom. The molecular weight excluding hydrogens is 396 g/mol. The number of carboxylic acids is 1. The fourth-order valence-electron chi connectivity index (χ4n) is 2.53. The Kier molecular flexibility index (Phi) is 9.92. The number of hydrogen-bond acceptors (Lipinski definition) is 7. The Morgan fingerprint density at radius 3 is 2.20 bits per heavy atom. The highest BCUT2D eigenvalue weighted by Crippen LogP contribution is 2.10. The van der Waals surface area contributed by atoms with Crippen molar-refractivity contribution in [1.82, 2.24) is 25.9 Å². The molecule has 1 rings (SSSR count). The van der Waals surface area contributed by atoms with Crippen LogP contribution in [0.5, 0.6) is 0 Å². The van der Waals surface area contributed by atoms with Gasteiger partial charge in [0.2, 0.25) is 17.7 Å². The molecule has 0 aliphatic heterocycles. The third kappa shape index (κ3) is 7.44. The first kappa shape index (κ1) is 25.0. The van der Waals surface area contributed by atoms with Crippen molar-refractivity contribution in [3.63, 3.8) is 0 Å². The summed E-state index contributed by atoms with van der Waals surface area (Å²) in [6.07, 6.45) is 3.41. The van der Waals surface area contributed by atoms with Gasteiger partial charge in [-0.2, -0.15) is 0 Å². The van der Waals surface area contributed by atoms with Crippen molar-refractivity contribution in [2.75, 3.05) is 6.61 Å². The molecule has 3 amide bonds. The van der Waals surface area contributed by atoms with Crippen LogP contribution in [0.1, 0.15) is 32.9 Å². The van der Waals surface area contributed by atoms with E-state index in [-0.39, 0.29) is 12.3 Å². The van der Waals surface area contributed by atoms with Crippen LogP contribution in [0.3, 0.4) is 0 Å². The second kappa shape index (κ2) is 11.9. The predicted molar refractivity (Wildman–Crippen MR) is 106 cm³/mol. The van der Waals surface area contributed by atoms with Crippen molar-refractivity contribution >= 4 is 23.7 Å². The van der Waals surface area contributed by atoms with Crippen LogP contribution in [-0.2, 0) is 25.6 Å². The van der Waals surface area contributed by atoms with Crippen LogP contribution in [0, 0.1) is 5.92 Å². The molecule has 0 saturated heterocycles. The largest absolute Gasteiger partial charge is 0.480 e. The van der Waals surface area contributed by atoms with Gasteiger partial charge in [0, 0.05) is 18.3 Å². The Hall–Kier alpha value is -2.99. The van der Waals surface area contributed by atoms with Gasteiger partial charge in [-0.1, -0.05) is 20.3 Å².